The predicted octanol–water partition coefficient (Wildman–Crippen LogP) is 3.47. The molecule has 0 atom stereocenters. The summed E-state index contributed by atoms with van der Waals surface area (Å²) in [6.45, 7) is 2.02. The van der Waals surface area contributed by atoms with E-state index < -0.39 is 0 Å². The standard InChI is InChI=1S/C13H10BrN3/c1-9-13(10-2-4-11(14)5-3-10)17-7-6-15-8-12(17)16-9/h2-8H,1H3. The fourth-order valence-corrected chi connectivity index (χ4v) is 2.24. The molecule has 1 aromatic carbocycles. The Morgan fingerprint density at radius 2 is 1.94 bits per heavy atom. The van der Waals surface area contributed by atoms with Crippen molar-refractivity contribution < 1.29 is 0 Å². The molecular weight excluding hydrogens is 278 g/mol. The van der Waals surface area contributed by atoms with Gasteiger partial charge in [0.15, 0.2) is 5.65 Å². The van der Waals surface area contributed by atoms with Crippen molar-refractivity contribution in [1.29, 1.82) is 0 Å². The highest BCUT2D eigenvalue weighted by Gasteiger charge is 2.10. The Kier molecular flexibility index (Phi) is 2.44. The molecule has 0 amide bonds. The molecule has 84 valence electrons. The molecule has 0 aliphatic carbocycles. The molecule has 2 heterocycles. The lowest BCUT2D eigenvalue weighted by atomic mass is 10.1. The largest absolute Gasteiger partial charge is 0.297 e. The number of halogens is 1. The number of rotatable bonds is 1. The van der Waals surface area contributed by atoms with Crippen molar-refractivity contribution in [2.45, 2.75) is 6.92 Å². The molecule has 0 N–H and O–H groups in total. The summed E-state index contributed by atoms with van der Waals surface area (Å²) in [5.74, 6) is 0. The van der Waals surface area contributed by atoms with Crippen molar-refractivity contribution in [3.63, 3.8) is 0 Å². The van der Waals surface area contributed by atoms with Crippen molar-refractivity contribution in [1.82, 2.24) is 14.4 Å². The maximum Gasteiger partial charge on any atom is 0.156 e. The summed E-state index contributed by atoms with van der Waals surface area (Å²) in [7, 11) is 0. The normalized spacial score (nSPS) is 10.9. The summed E-state index contributed by atoms with van der Waals surface area (Å²) in [6.07, 6.45) is 5.48. The molecule has 0 aliphatic rings. The first kappa shape index (κ1) is 10.5. The van der Waals surface area contributed by atoms with Crippen LogP contribution in [0.5, 0.6) is 0 Å². The molecular formula is C13H10BrN3. The van der Waals surface area contributed by atoms with Gasteiger partial charge in [-0.25, -0.2) is 4.98 Å². The van der Waals surface area contributed by atoms with Gasteiger partial charge in [0, 0.05) is 22.4 Å². The Bertz CT molecular complexity index is 671. The van der Waals surface area contributed by atoms with Crippen LogP contribution in [0.4, 0.5) is 0 Å². The fourth-order valence-electron chi connectivity index (χ4n) is 1.98. The SMILES string of the molecule is Cc1nc2cnccn2c1-c1ccc(Br)cc1. The number of hydrogen-bond donors (Lipinski definition) is 0. The Balaban J connectivity index is 2.29. The van der Waals surface area contributed by atoms with Gasteiger partial charge in [-0.2, -0.15) is 0 Å². The first-order chi connectivity index (χ1) is 8.25. The van der Waals surface area contributed by atoms with Gasteiger partial charge in [0.2, 0.25) is 0 Å². The average Bonchev–Trinajstić information content (AvgIpc) is 2.66. The van der Waals surface area contributed by atoms with Crippen LogP contribution < -0.4 is 0 Å². The molecule has 17 heavy (non-hydrogen) atoms. The second-order valence-corrected chi connectivity index (χ2v) is 4.77. The number of fused-ring (bicyclic) bond motifs is 1. The Labute approximate surface area is 107 Å². The molecule has 0 aliphatic heterocycles. The van der Waals surface area contributed by atoms with Gasteiger partial charge in [-0.3, -0.25) is 9.38 Å². The summed E-state index contributed by atoms with van der Waals surface area (Å²) >= 11 is 3.44. The third-order valence-electron chi connectivity index (χ3n) is 2.72. The molecule has 3 rings (SSSR count). The second kappa shape index (κ2) is 3.96. The first-order valence-electron chi connectivity index (χ1n) is 5.30. The third-order valence-corrected chi connectivity index (χ3v) is 3.25. The number of benzene rings is 1. The topological polar surface area (TPSA) is 30.2 Å². The van der Waals surface area contributed by atoms with Crippen molar-refractivity contribution >= 4 is 21.6 Å². The van der Waals surface area contributed by atoms with E-state index in [1.165, 1.54) is 0 Å². The molecule has 0 radical (unpaired) electrons. The molecule has 0 spiro atoms. The number of aryl methyl sites for hydroxylation is 1. The monoisotopic (exact) mass is 287 g/mol. The Morgan fingerprint density at radius 3 is 2.71 bits per heavy atom. The van der Waals surface area contributed by atoms with Gasteiger partial charge in [0.05, 0.1) is 17.6 Å². The zero-order chi connectivity index (χ0) is 11.8. The molecule has 0 fully saturated rings. The zero-order valence-electron chi connectivity index (χ0n) is 9.26. The molecule has 0 bridgehead atoms. The van der Waals surface area contributed by atoms with Crippen LogP contribution in [0.1, 0.15) is 5.69 Å². The van der Waals surface area contributed by atoms with Gasteiger partial charge in [-0.15, -0.1) is 0 Å². The molecule has 0 saturated carbocycles. The fraction of sp³-hybridized carbons (Fsp3) is 0.0769. The van der Waals surface area contributed by atoms with E-state index >= 15 is 0 Å². The van der Waals surface area contributed by atoms with E-state index in [0.29, 0.717) is 0 Å². The highest BCUT2D eigenvalue weighted by molar-refractivity contribution is 9.10. The van der Waals surface area contributed by atoms with E-state index in [2.05, 4.69) is 42.4 Å². The lowest BCUT2D eigenvalue weighted by molar-refractivity contribution is 1.13. The molecule has 3 nitrogen and oxygen atoms in total. The van der Waals surface area contributed by atoms with E-state index in [-0.39, 0.29) is 0 Å². The lowest BCUT2D eigenvalue weighted by Gasteiger charge is -2.03. The van der Waals surface area contributed by atoms with E-state index in [1.54, 1.807) is 12.4 Å². The van der Waals surface area contributed by atoms with Crippen LogP contribution in [-0.2, 0) is 0 Å². The van der Waals surface area contributed by atoms with Crippen LogP contribution >= 0.6 is 15.9 Å². The van der Waals surface area contributed by atoms with E-state index in [4.69, 9.17) is 0 Å². The van der Waals surface area contributed by atoms with Crippen LogP contribution in [0.25, 0.3) is 16.9 Å². The summed E-state index contributed by atoms with van der Waals surface area (Å²) in [5, 5.41) is 0. The van der Waals surface area contributed by atoms with Crippen LogP contribution in [0.3, 0.4) is 0 Å². The van der Waals surface area contributed by atoms with Crippen LogP contribution in [-0.4, -0.2) is 14.4 Å². The lowest BCUT2D eigenvalue weighted by Crippen LogP contribution is -1.89. The van der Waals surface area contributed by atoms with Crippen molar-refractivity contribution in [2.24, 2.45) is 0 Å². The highest BCUT2D eigenvalue weighted by Crippen LogP contribution is 2.25. The first-order valence-corrected chi connectivity index (χ1v) is 6.09. The Morgan fingerprint density at radius 1 is 1.18 bits per heavy atom. The molecule has 0 unspecified atom stereocenters. The maximum atomic E-state index is 4.50. The number of hydrogen-bond acceptors (Lipinski definition) is 2. The predicted molar refractivity (Wildman–Crippen MR) is 70.9 cm³/mol. The average molecular weight is 288 g/mol. The van der Waals surface area contributed by atoms with E-state index in [9.17, 15) is 0 Å². The van der Waals surface area contributed by atoms with Gasteiger partial charge in [0.1, 0.15) is 0 Å². The zero-order valence-corrected chi connectivity index (χ0v) is 10.8. The van der Waals surface area contributed by atoms with Crippen LogP contribution in [0.2, 0.25) is 0 Å². The quantitative estimate of drug-likeness (QED) is 0.686. The van der Waals surface area contributed by atoms with Crippen molar-refractivity contribution in [3.8, 4) is 11.3 Å². The minimum Gasteiger partial charge on any atom is -0.297 e. The third kappa shape index (κ3) is 1.74. The Hall–Kier alpha value is -1.68. The number of aromatic nitrogens is 3. The van der Waals surface area contributed by atoms with Gasteiger partial charge in [-0.05, 0) is 19.1 Å². The summed E-state index contributed by atoms with van der Waals surface area (Å²) in [5.41, 5.74) is 4.17. The minimum atomic E-state index is 0.878. The van der Waals surface area contributed by atoms with Gasteiger partial charge in [-0.1, -0.05) is 28.1 Å². The summed E-state index contributed by atoms with van der Waals surface area (Å²) in [4.78, 5) is 8.58. The molecule has 0 saturated heterocycles. The van der Waals surface area contributed by atoms with E-state index in [1.807, 2.05) is 25.3 Å². The van der Waals surface area contributed by atoms with Gasteiger partial charge in [0.25, 0.3) is 0 Å². The number of nitrogens with zero attached hydrogens (tertiary/aromatic N) is 3. The van der Waals surface area contributed by atoms with Crippen LogP contribution in [0, 0.1) is 6.92 Å². The molecule has 4 heteroatoms. The smallest absolute Gasteiger partial charge is 0.156 e. The number of imidazole rings is 1. The molecule has 3 aromatic rings. The van der Waals surface area contributed by atoms with Gasteiger partial charge >= 0.3 is 0 Å². The van der Waals surface area contributed by atoms with Crippen molar-refractivity contribution in [2.75, 3.05) is 0 Å². The van der Waals surface area contributed by atoms with E-state index in [0.717, 1.165) is 27.1 Å². The molecule has 2 aromatic heterocycles. The second-order valence-electron chi connectivity index (χ2n) is 3.86. The maximum absolute atomic E-state index is 4.50. The summed E-state index contributed by atoms with van der Waals surface area (Å²) in [6, 6.07) is 8.24. The van der Waals surface area contributed by atoms with Crippen molar-refractivity contribution in [3.05, 3.63) is 53.0 Å². The summed E-state index contributed by atoms with van der Waals surface area (Å²) < 4.78 is 3.14. The van der Waals surface area contributed by atoms with Crippen LogP contribution in [0.15, 0.2) is 47.3 Å². The van der Waals surface area contributed by atoms with Gasteiger partial charge < -0.3 is 0 Å². The highest BCUT2D eigenvalue weighted by atomic mass is 79.9. The minimum absolute atomic E-state index is 0.878.